The lowest BCUT2D eigenvalue weighted by Crippen LogP contribution is -2.17. The Bertz CT molecular complexity index is 1540. The van der Waals surface area contributed by atoms with Crippen LogP contribution in [-0.4, -0.2) is 12.1 Å². The molecule has 120 valence electrons. The summed E-state index contributed by atoms with van der Waals surface area (Å²) in [6.45, 7) is 0. The number of nitrogens with zero attached hydrogens (tertiary/aromatic N) is 1. The van der Waals surface area contributed by atoms with Crippen LogP contribution in [0.1, 0.15) is 15.9 Å². The summed E-state index contributed by atoms with van der Waals surface area (Å²) in [6, 6.07) is 21.2. The first-order valence-corrected chi connectivity index (χ1v) is 8.69. The molecule has 0 saturated heterocycles. The average molecular weight is 331 g/mol. The number of hydrogen-bond acceptors (Lipinski definition) is 1. The fourth-order valence-electron chi connectivity index (χ4n) is 4.30. The highest BCUT2D eigenvalue weighted by Crippen LogP contribution is 2.31. The summed E-state index contributed by atoms with van der Waals surface area (Å²) in [5.74, 6) is -0.160. The predicted molar refractivity (Wildman–Crippen MR) is 106 cm³/mol. The Balaban J connectivity index is 1.81. The van der Waals surface area contributed by atoms with Gasteiger partial charge in [0, 0.05) is 6.21 Å². The maximum atomic E-state index is 12.3. The largest absolute Gasteiger partial charge is 0.278 e. The quantitative estimate of drug-likeness (QED) is 0.400. The zero-order valence-corrected chi connectivity index (χ0v) is 13.9. The summed E-state index contributed by atoms with van der Waals surface area (Å²) in [5, 5.41) is 9.25. The second-order valence-electron chi connectivity index (χ2n) is 6.79. The van der Waals surface area contributed by atoms with Crippen molar-refractivity contribution in [3.63, 3.8) is 0 Å². The SMILES string of the molecule is O=C1N=CC=c2ccc3c(ccc4c5c(ccc43)=c3ccccc3=C5)c21. The number of amides is 1. The van der Waals surface area contributed by atoms with Crippen LogP contribution in [0.15, 0.2) is 65.7 Å². The molecule has 2 nitrogen and oxygen atoms in total. The summed E-state index contributed by atoms with van der Waals surface area (Å²) in [7, 11) is 0. The van der Waals surface area contributed by atoms with E-state index in [1.165, 1.54) is 32.0 Å². The maximum absolute atomic E-state index is 12.3. The first-order chi connectivity index (χ1) is 12.8. The van der Waals surface area contributed by atoms with Crippen molar-refractivity contribution in [2.24, 2.45) is 4.99 Å². The molecule has 4 aromatic rings. The van der Waals surface area contributed by atoms with E-state index in [4.69, 9.17) is 0 Å². The number of carbonyl (C=O) groups is 1. The van der Waals surface area contributed by atoms with E-state index in [2.05, 4.69) is 65.7 Å². The Morgan fingerprint density at radius 1 is 0.654 bits per heavy atom. The van der Waals surface area contributed by atoms with Crippen LogP contribution in [0.25, 0.3) is 33.7 Å². The van der Waals surface area contributed by atoms with Gasteiger partial charge in [-0.15, -0.1) is 0 Å². The van der Waals surface area contributed by atoms with Crippen molar-refractivity contribution in [3.8, 4) is 0 Å². The van der Waals surface area contributed by atoms with Crippen molar-refractivity contribution in [1.82, 2.24) is 0 Å². The number of hydrogen-bond donors (Lipinski definition) is 0. The van der Waals surface area contributed by atoms with Crippen molar-refractivity contribution < 1.29 is 4.79 Å². The molecule has 0 bridgehead atoms. The maximum Gasteiger partial charge on any atom is 0.278 e. The average Bonchev–Trinajstić information content (AvgIpc) is 3.06. The summed E-state index contributed by atoms with van der Waals surface area (Å²) in [4.78, 5) is 16.3. The molecule has 6 rings (SSSR count). The topological polar surface area (TPSA) is 29.4 Å². The Morgan fingerprint density at radius 3 is 2.38 bits per heavy atom. The van der Waals surface area contributed by atoms with Crippen LogP contribution in [0.3, 0.4) is 0 Å². The smallest absolute Gasteiger partial charge is 0.267 e. The van der Waals surface area contributed by atoms with E-state index in [1.54, 1.807) is 6.21 Å². The van der Waals surface area contributed by atoms with E-state index < -0.39 is 0 Å². The molecular weight excluding hydrogens is 318 g/mol. The first-order valence-electron chi connectivity index (χ1n) is 8.69. The van der Waals surface area contributed by atoms with Gasteiger partial charge in [-0.05, 0) is 60.1 Å². The summed E-state index contributed by atoms with van der Waals surface area (Å²) in [6.07, 6.45) is 5.74. The lowest BCUT2D eigenvalue weighted by molar-refractivity contribution is 0.100. The third-order valence-corrected chi connectivity index (χ3v) is 5.48. The minimum atomic E-state index is -0.160. The van der Waals surface area contributed by atoms with Crippen molar-refractivity contribution in [2.45, 2.75) is 0 Å². The normalized spacial score (nSPS) is 13.9. The highest BCUT2D eigenvalue weighted by Gasteiger charge is 2.16. The van der Waals surface area contributed by atoms with Gasteiger partial charge in [-0.1, -0.05) is 60.7 Å². The lowest BCUT2D eigenvalue weighted by atomic mass is 9.93. The van der Waals surface area contributed by atoms with Gasteiger partial charge >= 0.3 is 0 Å². The summed E-state index contributed by atoms with van der Waals surface area (Å²) in [5.41, 5.74) is 1.97. The number of aliphatic imine (C=N–C) groups is 1. The van der Waals surface area contributed by atoms with Gasteiger partial charge in [0.2, 0.25) is 0 Å². The molecule has 0 N–H and O–H groups in total. The molecule has 0 saturated carbocycles. The van der Waals surface area contributed by atoms with Gasteiger partial charge in [0.05, 0.1) is 5.56 Å². The Labute approximate surface area is 148 Å². The van der Waals surface area contributed by atoms with Crippen molar-refractivity contribution in [3.05, 3.63) is 92.7 Å². The van der Waals surface area contributed by atoms with Gasteiger partial charge in [-0.25, -0.2) is 4.99 Å². The molecule has 0 unspecified atom stereocenters. The van der Waals surface area contributed by atoms with Gasteiger partial charge in [0.25, 0.3) is 5.91 Å². The fraction of sp³-hybridized carbons (Fsp3) is 0. The summed E-state index contributed by atoms with van der Waals surface area (Å²) < 4.78 is 0. The predicted octanol–water partition coefficient (Wildman–Crippen LogP) is 3.43. The number of carbonyl (C=O) groups excluding carboxylic acids is 1. The fourth-order valence-corrected chi connectivity index (χ4v) is 4.30. The highest BCUT2D eigenvalue weighted by molar-refractivity contribution is 6.20. The number of fused-ring (bicyclic) bond motifs is 8. The molecule has 0 fully saturated rings. The van der Waals surface area contributed by atoms with Crippen LogP contribution in [0.4, 0.5) is 0 Å². The standard InChI is InChI=1S/C24H13NO/c26-24-23-14(11-12-25-24)5-6-19-18-8-7-17-16-4-2-1-3-15(16)13-22(17)20(18)9-10-21(19)23/h1-13H. The van der Waals surface area contributed by atoms with Gasteiger partial charge in [0.1, 0.15) is 0 Å². The molecule has 0 atom stereocenters. The molecule has 0 radical (unpaired) electrons. The van der Waals surface area contributed by atoms with E-state index in [0.717, 1.165) is 16.0 Å². The summed E-state index contributed by atoms with van der Waals surface area (Å²) >= 11 is 0. The van der Waals surface area contributed by atoms with Crippen molar-refractivity contribution in [1.29, 1.82) is 0 Å². The zero-order valence-electron chi connectivity index (χ0n) is 13.9. The third kappa shape index (κ3) is 1.66. The molecule has 1 heterocycles. The molecular formula is C24H13NO. The lowest BCUT2D eigenvalue weighted by Gasteiger charge is -2.11. The number of rotatable bonds is 0. The second-order valence-corrected chi connectivity index (χ2v) is 6.79. The molecule has 2 aliphatic rings. The molecule has 26 heavy (non-hydrogen) atoms. The zero-order chi connectivity index (χ0) is 17.3. The second kappa shape index (κ2) is 4.77. The van der Waals surface area contributed by atoms with E-state index in [9.17, 15) is 4.79 Å². The first kappa shape index (κ1) is 13.7. The molecule has 1 aliphatic heterocycles. The molecule has 1 amide bonds. The third-order valence-electron chi connectivity index (χ3n) is 5.48. The molecule has 1 aliphatic carbocycles. The van der Waals surface area contributed by atoms with E-state index in [0.29, 0.717) is 5.56 Å². The highest BCUT2D eigenvalue weighted by atomic mass is 16.1. The Morgan fingerprint density at radius 2 is 1.42 bits per heavy atom. The van der Waals surface area contributed by atoms with Gasteiger partial charge in [-0.3, -0.25) is 4.79 Å². The van der Waals surface area contributed by atoms with Crippen molar-refractivity contribution >= 4 is 45.8 Å². The van der Waals surface area contributed by atoms with Crippen LogP contribution >= 0.6 is 0 Å². The van der Waals surface area contributed by atoms with Gasteiger partial charge in [-0.2, -0.15) is 0 Å². The Kier molecular flexibility index (Phi) is 2.52. The van der Waals surface area contributed by atoms with Crippen LogP contribution in [0.5, 0.6) is 0 Å². The van der Waals surface area contributed by atoms with Crippen LogP contribution < -0.4 is 10.4 Å². The molecule has 0 spiro atoms. The minimum absolute atomic E-state index is 0.160. The minimum Gasteiger partial charge on any atom is -0.267 e. The van der Waals surface area contributed by atoms with E-state index in [1.807, 2.05) is 12.1 Å². The van der Waals surface area contributed by atoms with Gasteiger partial charge in [0.15, 0.2) is 0 Å². The number of benzene rings is 4. The molecule has 2 heteroatoms. The molecule has 4 aromatic carbocycles. The Hall–Kier alpha value is -3.52. The van der Waals surface area contributed by atoms with Crippen molar-refractivity contribution in [2.75, 3.05) is 0 Å². The van der Waals surface area contributed by atoms with Gasteiger partial charge < -0.3 is 0 Å². The molecule has 0 aromatic heterocycles. The van der Waals surface area contributed by atoms with Crippen LogP contribution in [-0.2, 0) is 0 Å². The van der Waals surface area contributed by atoms with E-state index in [-0.39, 0.29) is 5.91 Å². The monoisotopic (exact) mass is 331 g/mol. The van der Waals surface area contributed by atoms with Crippen LogP contribution in [0, 0.1) is 10.4 Å². The van der Waals surface area contributed by atoms with Crippen LogP contribution in [0.2, 0.25) is 0 Å². The van der Waals surface area contributed by atoms with E-state index >= 15 is 0 Å².